The molecule has 2 atom stereocenters. The molecule has 0 aliphatic carbocycles. The van der Waals surface area contributed by atoms with E-state index in [4.69, 9.17) is 0 Å². The van der Waals surface area contributed by atoms with Crippen LogP contribution in [0.2, 0.25) is 0 Å². The Morgan fingerprint density at radius 3 is 2.58 bits per heavy atom. The molecular formula is C19H37IN6. The molecule has 0 amide bonds. The van der Waals surface area contributed by atoms with Gasteiger partial charge in [0.05, 0.1) is 12.2 Å². The number of likely N-dealkylation sites (tertiary alicyclic amines) is 1. The first-order chi connectivity index (χ1) is 12.1. The fourth-order valence-electron chi connectivity index (χ4n) is 3.70. The largest absolute Gasteiger partial charge is 0.357 e. The maximum absolute atomic E-state index is 4.65. The molecule has 0 radical (unpaired) electrons. The van der Waals surface area contributed by atoms with Crippen molar-refractivity contribution in [1.82, 2.24) is 25.3 Å². The standard InChI is InChI=1S/C19H36N6.HI/c1-5-20-19(22-13-18-8-10-23-24(18)4)21-9-6-7-11-25-14-16(2)12-17(3)15-25;/h8,10,16-17H,5-7,9,11-15H2,1-4H3,(H2,20,21,22);1H. The third kappa shape index (κ3) is 8.24. The fourth-order valence-corrected chi connectivity index (χ4v) is 3.70. The van der Waals surface area contributed by atoms with Crippen molar-refractivity contribution in [2.75, 3.05) is 32.7 Å². The third-order valence-electron chi connectivity index (χ3n) is 4.80. The van der Waals surface area contributed by atoms with Gasteiger partial charge in [-0.2, -0.15) is 5.10 Å². The van der Waals surface area contributed by atoms with Gasteiger partial charge in [-0.15, -0.1) is 24.0 Å². The van der Waals surface area contributed by atoms with Crippen LogP contribution in [0.3, 0.4) is 0 Å². The highest BCUT2D eigenvalue weighted by atomic mass is 127. The molecule has 0 saturated carbocycles. The number of guanidine groups is 1. The third-order valence-corrected chi connectivity index (χ3v) is 4.80. The fraction of sp³-hybridized carbons (Fsp3) is 0.789. The van der Waals surface area contributed by atoms with E-state index in [-0.39, 0.29) is 24.0 Å². The normalized spacial score (nSPS) is 21.3. The number of rotatable bonds is 8. The van der Waals surface area contributed by atoms with Crippen LogP contribution < -0.4 is 10.6 Å². The van der Waals surface area contributed by atoms with Crippen LogP contribution in [0.15, 0.2) is 17.3 Å². The summed E-state index contributed by atoms with van der Waals surface area (Å²) in [5, 5.41) is 10.9. The Labute approximate surface area is 176 Å². The van der Waals surface area contributed by atoms with Gasteiger partial charge >= 0.3 is 0 Å². The molecule has 0 aromatic carbocycles. The molecule has 6 nitrogen and oxygen atoms in total. The van der Waals surface area contributed by atoms with Gasteiger partial charge in [0.15, 0.2) is 5.96 Å². The lowest BCUT2D eigenvalue weighted by Gasteiger charge is -2.34. The molecular weight excluding hydrogens is 439 g/mol. The summed E-state index contributed by atoms with van der Waals surface area (Å²) < 4.78 is 1.87. The van der Waals surface area contributed by atoms with E-state index in [9.17, 15) is 0 Å². The second-order valence-electron chi connectivity index (χ2n) is 7.48. The van der Waals surface area contributed by atoms with E-state index in [2.05, 4.69) is 46.4 Å². The minimum Gasteiger partial charge on any atom is -0.357 e. The van der Waals surface area contributed by atoms with Crippen molar-refractivity contribution in [2.24, 2.45) is 23.9 Å². The second-order valence-corrected chi connectivity index (χ2v) is 7.48. The highest BCUT2D eigenvalue weighted by Crippen LogP contribution is 2.20. The summed E-state index contributed by atoms with van der Waals surface area (Å²) in [6.45, 7) is 13.1. The first kappa shape index (κ1) is 23.2. The highest BCUT2D eigenvalue weighted by molar-refractivity contribution is 14.0. The average molecular weight is 476 g/mol. The summed E-state index contributed by atoms with van der Waals surface area (Å²) in [4.78, 5) is 7.29. The number of nitrogens with zero attached hydrogens (tertiary/aromatic N) is 4. The second kappa shape index (κ2) is 12.5. The number of hydrogen-bond donors (Lipinski definition) is 2. The Morgan fingerprint density at radius 2 is 1.96 bits per heavy atom. The monoisotopic (exact) mass is 476 g/mol. The number of unbranched alkanes of at least 4 members (excludes halogenated alkanes) is 1. The lowest BCUT2D eigenvalue weighted by Crippen LogP contribution is -2.40. The van der Waals surface area contributed by atoms with Crippen LogP contribution in [0.1, 0.15) is 45.7 Å². The minimum atomic E-state index is 0. The predicted octanol–water partition coefficient (Wildman–Crippen LogP) is 2.85. The van der Waals surface area contributed by atoms with Gasteiger partial charge in [-0.1, -0.05) is 13.8 Å². The number of aromatic nitrogens is 2. The summed E-state index contributed by atoms with van der Waals surface area (Å²) >= 11 is 0. The number of aliphatic imine (C=N–C) groups is 1. The molecule has 2 heterocycles. The number of piperidine rings is 1. The first-order valence-electron chi connectivity index (χ1n) is 9.80. The quantitative estimate of drug-likeness (QED) is 0.262. The molecule has 26 heavy (non-hydrogen) atoms. The van der Waals surface area contributed by atoms with Crippen LogP contribution in [0.4, 0.5) is 0 Å². The molecule has 1 saturated heterocycles. The summed E-state index contributed by atoms with van der Waals surface area (Å²) in [5.41, 5.74) is 1.12. The van der Waals surface area contributed by atoms with Gasteiger partial charge in [0.25, 0.3) is 0 Å². The topological polar surface area (TPSA) is 57.5 Å². The van der Waals surface area contributed by atoms with E-state index in [0.717, 1.165) is 36.6 Å². The van der Waals surface area contributed by atoms with Gasteiger partial charge in [0, 0.05) is 39.4 Å². The first-order valence-corrected chi connectivity index (χ1v) is 9.80. The van der Waals surface area contributed by atoms with Crippen LogP contribution in [0.5, 0.6) is 0 Å². The van der Waals surface area contributed by atoms with Gasteiger partial charge in [0.1, 0.15) is 0 Å². The number of hydrogen-bond acceptors (Lipinski definition) is 3. The molecule has 0 bridgehead atoms. The Kier molecular flexibility index (Phi) is 11.2. The molecule has 1 aromatic heterocycles. The maximum atomic E-state index is 4.65. The van der Waals surface area contributed by atoms with Gasteiger partial charge in [-0.3, -0.25) is 4.68 Å². The summed E-state index contributed by atoms with van der Waals surface area (Å²) in [7, 11) is 1.95. The predicted molar refractivity (Wildman–Crippen MR) is 120 cm³/mol. The number of nitrogens with one attached hydrogen (secondary N) is 2. The Bertz CT molecular complexity index is 520. The molecule has 2 unspecified atom stereocenters. The van der Waals surface area contributed by atoms with Crippen LogP contribution in [-0.4, -0.2) is 53.4 Å². The smallest absolute Gasteiger partial charge is 0.191 e. The van der Waals surface area contributed by atoms with Crippen molar-refractivity contribution in [3.05, 3.63) is 18.0 Å². The van der Waals surface area contributed by atoms with Crippen LogP contribution >= 0.6 is 24.0 Å². The van der Waals surface area contributed by atoms with Crippen molar-refractivity contribution in [3.8, 4) is 0 Å². The van der Waals surface area contributed by atoms with Crippen LogP contribution in [0.25, 0.3) is 0 Å². The molecule has 2 N–H and O–H groups in total. The molecule has 1 fully saturated rings. The van der Waals surface area contributed by atoms with Crippen molar-refractivity contribution in [3.63, 3.8) is 0 Å². The lowest BCUT2D eigenvalue weighted by atomic mass is 9.92. The highest BCUT2D eigenvalue weighted by Gasteiger charge is 2.20. The van der Waals surface area contributed by atoms with Gasteiger partial charge in [-0.25, -0.2) is 4.99 Å². The van der Waals surface area contributed by atoms with Gasteiger partial charge < -0.3 is 15.5 Å². The Balaban J connectivity index is 0.00000338. The van der Waals surface area contributed by atoms with Gasteiger partial charge in [0.2, 0.25) is 0 Å². The number of halogens is 1. The van der Waals surface area contributed by atoms with E-state index < -0.39 is 0 Å². The minimum absolute atomic E-state index is 0. The Morgan fingerprint density at radius 1 is 1.23 bits per heavy atom. The molecule has 2 rings (SSSR count). The van der Waals surface area contributed by atoms with E-state index >= 15 is 0 Å². The Hall–Kier alpha value is -0.830. The molecule has 1 aliphatic rings. The average Bonchev–Trinajstić information content (AvgIpc) is 2.96. The van der Waals surface area contributed by atoms with Crippen molar-refractivity contribution in [2.45, 2.75) is 46.6 Å². The zero-order valence-corrected chi connectivity index (χ0v) is 19.2. The van der Waals surface area contributed by atoms with E-state index in [1.807, 2.05) is 24.0 Å². The summed E-state index contributed by atoms with van der Waals surface area (Å²) in [6, 6.07) is 2.01. The molecule has 1 aliphatic heterocycles. The van der Waals surface area contributed by atoms with E-state index in [1.54, 1.807) is 0 Å². The maximum Gasteiger partial charge on any atom is 0.191 e. The molecule has 0 spiro atoms. The summed E-state index contributed by atoms with van der Waals surface area (Å²) in [5.74, 6) is 2.59. The zero-order chi connectivity index (χ0) is 18.1. The van der Waals surface area contributed by atoms with E-state index in [0.29, 0.717) is 6.54 Å². The number of aryl methyl sites for hydroxylation is 1. The van der Waals surface area contributed by atoms with Gasteiger partial charge in [-0.05, 0) is 50.6 Å². The lowest BCUT2D eigenvalue weighted by molar-refractivity contribution is 0.139. The SMILES string of the molecule is CCNC(=NCc1ccnn1C)NCCCCN1CC(C)CC(C)C1.I. The zero-order valence-electron chi connectivity index (χ0n) is 16.9. The van der Waals surface area contributed by atoms with Crippen molar-refractivity contribution >= 4 is 29.9 Å². The van der Waals surface area contributed by atoms with Crippen LogP contribution in [-0.2, 0) is 13.6 Å². The van der Waals surface area contributed by atoms with Crippen molar-refractivity contribution < 1.29 is 0 Å². The summed E-state index contributed by atoms with van der Waals surface area (Å²) in [6.07, 6.45) is 5.62. The molecule has 1 aromatic rings. The van der Waals surface area contributed by atoms with Crippen molar-refractivity contribution in [1.29, 1.82) is 0 Å². The molecule has 150 valence electrons. The molecule has 7 heteroatoms. The van der Waals surface area contributed by atoms with E-state index in [1.165, 1.54) is 38.9 Å². The van der Waals surface area contributed by atoms with Crippen LogP contribution in [0, 0.1) is 11.8 Å².